The molecule has 1 atom stereocenters. The van der Waals surface area contributed by atoms with Gasteiger partial charge in [-0.15, -0.1) is 5.10 Å². The molecule has 3 aromatic heterocycles. The van der Waals surface area contributed by atoms with E-state index < -0.39 is 0 Å². The molecule has 0 aliphatic heterocycles. The summed E-state index contributed by atoms with van der Waals surface area (Å²) in [5.74, 6) is 2.17. The van der Waals surface area contributed by atoms with E-state index in [1.54, 1.807) is 4.52 Å². The second kappa shape index (κ2) is 5.68. The molecule has 0 aromatic carbocycles. The smallest absolute Gasteiger partial charge is 0.253 e. The lowest BCUT2D eigenvalue weighted by molar-refractivity contribution is 0.373. The Morgan fingerprint density at radius 2 is 1.91 bits per heavy atom. The van der Waals surface area contributed by atoms with E-state index in [-0.39, 0.29) is 11.2 Å². The van der Waals surface area contributed by atoms with Gasteiger partial charge in [0.25, 0.3) is 5.78 Å². The maximum atomic E-state index is 5.32. The van der Waals surface area contributed by atoms with Crippen LogP contribution in [0.25, 0.3) is 5.78 Å². The predicted molar refractivity (Wildman–Crippen MR) is 82.9 cm³/mol. The summed E-state index contributed by atoms with van der Waals surface area (Å²) in [6.07, 6.45) is 0. The Morgan fingerprint density at radius 3 is 2.59 bits per heavy atom. The predicted octanol–water partition coefficient (Wildman–Crippen LogP) is 3.10. The fraction of sp³-hybridized carbons (Fsp3) is 0.500. The van der Waals surface area contributed by atoms with Crippen molar-refractivity contribution in [1.29, 1.82) is 0 Å². The second-order valence-corrected chi connectivity index (χ2v) is 6.86. The zero-order chi connectivity index (χ0) is 15.9. The lowest BCUT2D eigenvalue weighted by Gasteiger charge is -2.01. The summed E-state index contributed by atoms with van der Waals surface area (Å²) in [5, 5.41) is 9.10. The minimum Gasteiger partial charge on any atom is -0.338 e. The number of aromatic nitrogens is 6. The van der Waals surface area contributed by atoms with E-state index in [1.807, 2.05) is 40.7 Å². The highest BCUT2D eigenvalue weighted by molar-refractivity contribution is 7.99. The molecule has 3 heterocycles. The van der Waals surface area contributed by atoms with E-state index in [2.05, 4.69) is 25.2 Å². The topological polar surface area (TPSA) is 82.0 Å². The zero-order valence-corrected chi connectivity index (χ0v) is 14.0. The number of nitrogens with zero attached hydrogens (tertiary/aromatic N) is 6. The van der Waals surface area contributed by atoms with Crippen molar-refractivity contribution in [2.45, 2.75) is 50.9 Å². The van der Waals surface area contributed by atoms with E-state index in [0.717, 1.165) is 17.2 Å². The van der Waals surface area contributed by atoms with Gasteiger partial charge in [-0.05, 0) is 26.8 Å². The van der Waals surface area contributed by atoms with Crippen molar-refractivity contribution in [2.75, 3.05) is 0 Å². The summed E-state index contributed by atoms with van der Waals surface area (Å²) in [5.41, 5.74) is 1.94. The summed E-state index contributed by atoms with van der Waals surface area (Å²) in [7, 11) is 0. The first kappa shape index (κ1) is 15.0. The summed E-state index contributed by atoms with van der Waals surface area (Å²) in [4.78, 5) is 13.3. The largest absolute Gasteiger partial charge is 0.338 e. The van der Waals surface area contributed by atoms with Crippen LogP contribution in [0.1, 0.15) is 55.0 Å². The van der Waals surface area contributed by atoms with Gasteiger partial charge in [-0.2, -0.15) is 9.97 Å². The Balaban J connectivity index is 1.84. The molecule has 0 amide bonds. The average molecular weight is 318 g/mol. The molecule has 22 heavy (non-hydrogen) atoms. The molecule has 7 nitrogen and oxygen atoms in total. The van der Waals surface area contributed by atoms with Crippen molar-refractivity contribution in [2.24, 2.45) is 0 Å². The van der Waals surface area contributed by atoms with Gasteiger partial charge in [0.15, 0.2) is 5.82 Å². The molecule has 0 aliphatic carbocycles. The number of hydrogen-bond donors (Lipinski definition) is 0. The number of fused-ring (bicyclic) bond motifs is 1. The Hall–Kier alpha value is -1.96. The summed E-state index contributed by atoms with van der Waals surface area (Å²) in [6, 6.07) is 1.98. The average Bonchev–Trinajstić information content (AvgIpc) is 3.04. The molecular weight excluding hydrogens is 300 g/mol. The lowest BCUT2D eigenvalue weighted by atomic mass is 10.2. The maximum absolute atomic E-state index is 5.32. The zero-order valence-electron chi connectivity index (χ0n) is 13.2. The van der Waals surface area contributed by atoms with Crippen molar-refractivity contribution in [3.63, 3.8) is 0 Å². The molecule has 8 heteroatoms. The monoisotopic (exact) mass is 318 g/mol. The number of aryl methyl sites for hydroxylation is 2. The normalized spacial score (nSPS) is 13.2. The third kappa shape index (κ3) is 2.83. The van der Waals surface area contributed by atoms with Crippen molar-refractivity contribution < 1.29 is 4.52 Å². The molecule has 0 aliphatic rings. The highest BCUT2D eigenvalue weighted by atomic mass is 32.2. The lowest BCUT2D eigenvalue weighted by Crippen LogP contribution is -1.97. The molecule has 116 valence electrons. The molecule has 0 N–H and O–H groups in total. The van der Waals surface area contributed by atoms with Gasteiger partial charge in [0, 0.05) is 17.3 Å². The molecule has 0 fully saturated rings. The van der Waals surface area contributed by atoms with E-state index >= 15 is 0 Å². The van der Waals surface area contributed by atoms with Crippen molar-refractivity contribution in [3.8, 4) is 0 Å². The number of thioether (sulfide) groups is 1. The van der Waals surface area contributed by atoms with E-state index in [9.17, 15) is 0 Å². The molecule has 3 rings (SSSR count). The quantitative estimate of drug-likeness (QED) is 0.683. The Labute approximate surface area is 132 Å². The van der Waals surface area contributed by atoms with Crippen molar-refractivity contribution in [3.05, 3.63) is 29.2 Å². The van der Waals surface area contributed by atoms with Gasteiger partial charge in [-0.1, -0.05) is 30.8 Å². The summed E-state index contributed by atoms with van der Waals surface area (Å²) >= 11 is 1.48. The van der Waals surface area contributed by atoms with Gasteiger partial charge >= 0.3 is 0 Å². The first-order valence-electron chi connectivity index (χ1n) is 7.15. The van der Waals surface area contributed by atoms with Gasteiger partial charge in [-0.25, -0.2) is 9.50 Å². The number of hydrogen-bond acceptors (Lipinski definition) is 7. The summed E-state index contributed by atoms with van der Waals surface area (Å²) in [6.45, 7) is 10.0. The molecule has 0 spiro atoms. The van der Waals surface area contributed by atoms with E-state index in [1.165, 1.54) is 11.8 Å². The molecule has 0 saturated heterocycles. The van der Waals surface area contributed by atoms with Crippen molar-refractivity contribution in [1.82, 2.24) is 29.7 Å². The van der Waals surface area contributed by atoms with Crippen LogP contribution in [0, 0.1) is 13.8 Å². The van der Waals surface area contributed by atoms with Crippen LogP contribution in [0.3, 0.4) is 0 Å². The fourth-order valence-corrected chi connectivity index (χ4v) is 2.83. The standard InChI is InChI=1S/C14H18N6OS/c1-7(2)11-16-12(21-19-11)10(5)22-14-17-13-15-8(3)6-9(4)20(13)18-14/h6-7,10H,1-5H3. The van der Waals surface area contributed by atoms with E-state index in [4.69, 9.17) is 4.52 Å². The molecule has 0 radical (unpaired) electrons. The molecule has 0 saturated carbocycles. The van der Waals surface area contributed by atoms with Crippen LogP contribution in [0.4, 0.5) is 0 Å². The first-order valence-corrected chi connectivity index (χ1v) is 8.03. The molecular formula is C14H18N6OS. The van der Waals surface area contributed by atoms with Crippen LogP contribution < -0.4 is 0 Å². The van der Waals surface area contributed by atoms with Crippen LogP contribution in [-0.4, -0.2) is 29.7 Å². The van der Waals surface area contributed by atoms with Gasteiger partial charge in [0.05, 0.1) is 5.25 Å². The van der Waals surface area contributed by atoms with Crippen LogP contribution in [0.2, 0.25) is 0 Å². The highest BCUT2D eigenvalue weighted by Gasteiger charge is 2.19. The first-order chi connectivity index (χ1) is 10.4. The number of rotatable bonds is 4. The van der Waals surface area contributed by atoms with Crippen molar-refractivity contribution >= 4 is 17.5 Å². The van der Waals surface area contributed by atoms with Gasteiger partial charge < -0.3 is 4.52 Å². The molecule has 3 aromatic rings. The Morgan fingerprint density at radius 1 is 1.14 bits per heavy atom. The second-order valence-electron chi connectivity index (χ2n) is 5.55. The fourth-order valence-electron chi connectivity index (χ4n) is 2.05. The summed E-state index contributed by atoms with van der Waals surface area (Å²) < 4.78 is 7.06. The molecule has 1 unspecified atom stereocenters. The highest BCUT2D eigenvalue weighted by Crippen LogP contribution is 2.32. The maximum Gasteiger partial charge on any atom is 0.253 e. The van der Waals surface area contributed by atoms with Crippen LogP contribution in [0.15, 0.2) is 15.7 Å². The Bertz CT molecular complexity index is 809. The third-order valence-corrected chi connectivity index (χ3v) is 4.14. The van der Waals surface area contributed by atoms with E-state index in [0.29, 0.717) is 16.8 Å². The van der Waals surface area contributed by atoms with Gasteiger partial charge in [-0.3, -0.25) is 0 Å². The molecule has 0 bridgehead atoms. The van der Waals surface area contributed by atoms with Crippen LogP contribution in [-0.2, 0) is 0 Å². The third-order valence-electron chi connectivity index (χ3n) is 3.20. The minimum absolute atomic E-state index is 0.0150. The minimum atomic E-state index is -0.0150. The van der Waals surface area contributed by atoms with Gasteiger partial charge in [0.2, 0.25) is 11.0 Å². The van der Waals surface area contributed by atoms with Crippen LogP contribution >= 0.6 is 11.8 Å². The van der Waals surface area contributed by atoms with Gasteiger partial charge in [0.1, 0.15) is 0 Å². The SMILES string of the molecule is Cc1cc(C)n2nc(SC(C)c3nc(C(C)C)no3)nc2n1. The van der Waals surface area contributed by atoms with Crippen LogP contribution in [0.5, 0.6) is 0 Å². The Kier molecular flexibility index (Phi) is 3.86.